The van der Waals surface area contributed by atoms with E-state index in [-0.39, 0.29) is 17.0 Å². The van der Waals surface area contributed by atoms with E-state index in [1.165, 1.54) is 42.4 Å². The van der Waals surface area contributed by atoms with Gasteiger partial charge in [-0.25, -0.2) is 4.39 Å². The van der Waals surface area contributed by atoms with Crippen molar-refractivity contribution in [2.45, 2.75) is 32.2 Å². The van der Waals surface area contributed by atoms with E-state index in [9.17, 15) is 9.18 Å². The number of anilines is 1. The standard InChI is InChI=1S/C14H18ClFN2O/c1-10(18-7-3-2-4-8-18)14(19)17-11-5-6-13(16)12(15)9-11/h5-6,9-10H,2-4,7-8H2,1H3,(H,17,19)/p+1/t10-/m1/s1. The summed E-state index contributed by atoms with van der Waals surface area (Å²) < 4.78 is 13.0. The number of benzene rings is 1. The van der Waals surface area contributed by atoms with Crippen LogP contribution in [0.1, 0.15) is 26.2 Å². The molecule has 0 spiro atoms. The Hall–Kier alpha value is -1.13. The molecule has 1 aromatic rings. The highest BCUT2D eigenvalue weighted by atomic mass is 35.5. The van der Waals surface area contributed by atoms with Crippen LogP contribution >= 0.6 is 11.6 Å². The quantitative estimate of drug-likeness (QED) is 0.873. The van der Waals surface area contributed by atoms with Gasteiger partial charge in [-0.05, 0) is 44.4 Å². The summed E-state index contributed by atoms with van der Waals surface area (Å²) in [6.45, 7) is 4.01. The van der Waals surface area contributed by atoms with E-state index >= 15 is 0 Å². The molecular weight excluding hydrogens is 267 g/mol. The van der Waals surface area contributed by atoms with Crippen molar-refractivity contribution in [3.63, 3.8) is 0 Å². The average Bonchev–Trinajstić information content (AvgIpc) is 2.43. The van der Waals surface area contributed by atoms with Crippen molar-refractivity contribution < 1.29 is 14.1 Å². The fraction of sp³-hybridized carbons (Fsp3) is 0.500. The average molecular weight is 286 g/mol. The van der Waals surface area contributed by atoms with Crippen LogP contribution in [0.2, 0.25) is 5.02 Å². The van der Waals surface area contributed by atoms with Crippen LogP contribution in [0, 0.1) is 5.82 Å². The third-order valence-corrected chi connectivity index (χ3v) is 3.98. The van der Waals surface area contributed by atoms with Gasteiger partial charge in [-0.1, -0.05) is 11.6 Å². The Morgan fingerprint density at radius 3 is 2.68 bits per heavy atom. The fourth-order valence-corrected chi connectivity index (χ4v) is 2.63. The first kappa shape index (κ1) is 14.3. The van der Waals surface area contributed by atoms with Gasteiger partial charge in [-0.3, -0.25) is 4.79 Å². The molecule has 1 amide bonds. The summed E-state index contributed by atoms with van der Waals surface area (Å²) in [7, 11) is 0. The zero-order valence-electron chi connectivity index (χ0n) is 11.0. The number of likely N-dealkylation sites (tertiary alicyclic amines) is 1. The lowest BCUT2D eigenvalue weighted by atomic mass is 10.1. The molecule has 1 fully saturated rings. The minimum atomic E-state index is -0.477. The Balaban J connectivity index is 1.97. The lowest BCUT2D eigenvalue weighted by Gasteiger charge is -2.28. The minimum Gasteiger partial charge on any atom is -0.325 e. The molecule has 0 radical (unpaired) electrons. The van der Waals surface area contributed by atoms with Gasteiger partial charge in [0.25, 0.3) is 5.91 Å². The van der Waals surface area contributed by atoms with E-state index in [1.54, 1.807) is 0 Å². The Labute approximate surface area is 117 Å². The van der Waals surface area contributed by atoms with Crippen LogP contribution in [0.3, 0.4) is 0 Å². The summed E-state index contributed by atoms with van der Waals surface area (Å²) >= 11 is 5.69. The van der Waals surface area contributed by atoms with Gasteiger partial charge in [-0.2, -0.15) is 0 Å². The van der Waals surface area contributed by atoms with E-state index < -0.39 is 5.82 Å². The molecule has 104 valence electrons. The van der Waals surface area contributed by atoms with Crippen molar-refractivity contribution in [1.29, 1.82) is 0 Å². The highest BCUT2D eigenvalue weighted by Crippen LogP contribution is 2.19. The molecule has 5 heteroatoms. The number of nitrogens with one attached hydrogen (secondary N) is 2. The van der Waals surface area contributed by atoms with E-state index in [4.69, 9.17) is 11.6 Å². The van der Waals surface area contributed by atoms with Crippen molar-refractivity contribution in [2.75, 3.05) is 18.4 Å². The van der Waals surface area contributed by atoms with Crippen molar-refractivity contribution in [3.05, 3.63) is 29.0 Å². The molecule has 1 heterocycles. The SMILES string of the molecule is C[C@H](C(=O)Nc1ccc(F)c(Cl)c1)[NH+]1CCCCC1. The van der Waals surface area contributed by atoms with Crippen molar-refractivity contribution >= 4 is 23.2 Å². The Bertz CT molecular complexity index is 461. The maximum Gasteiger partial charge on any atom is 0.282 e. The number of carbonyl (C=O) groups is 1. The summed E-state index contributed by atoms with van der Waals surface area (Å²) in [6.07, 6.45) is 3.61. The largest absolute Gasteiger partial charge is 0.325 e. The van der Waals surface area contributed by atoms with Crippen molar-refractivity contribution in [1.82, 2.24) is 0 Å². The van der Waals surface area contributed by atoms with E-state index in [2.05, 4.69) is 5.32 Å². The molecule has 1 saturated heterocycles. The summed E-state index contributed by atoms with van der Waals surface area (Å²) in [6, 6.07) is 4.13. The van der Waals surface area contributed by atoms with Gasteiger partial charge in [0, 0.05) is 5.69 Å². The summed E-state index contributed by atoms with van der Waals surface area (Å²) in [4.78, 5) is 13.5. The number of rotatable bonds is 3. The summed E-state index contributed by atoms with van der Waals surface area (Å²) in [5.41, 5.74) is 0.541. The Kier molecular flexibility index (Phi) is 4.77. The molecular formula is C14H19ClFN2O+. The lowest BCUT2D eigenvalue weighted by molar-refractivity contribution is -0.918. The van der Waals surface area contributed by atoms with Crippen LogP contribution in [-0.2, 0) is 4.79 Å². The Morgan fingerprint density at radius 2 is 2.05 bits per heavy atom. The number of carbonyl (C=O) groups excluding carboxylic acids is 1. The summed E-state index contributed by atoms with van der Waals surface area (Å²) in [5, 5.41) is 2.82. The van der Waals surface area contributed by atoms with Crippen LogP contribution in [-0.4, -0.2) is 25.0 Å². The van der Waals surface area contributed by atoms with Crippen LogP contribution in [0.5, 0.6) is 0 Å². The van der Waals surface area contributed by atoms with Crippen LogP contribution in [0.15, 0.2) is 18.2 Å². The third-order valence-electron chi connectivity index (χ3n) is 3.69. The lowest BCUT2D eigenvalue weighted by Crippen LogP contribution is -3.17. The second kappa shape index (κ2) is 6.35. The molecule has 19 heavy (non-hydrogen) atoms. The topological polar surface area (TPSA) is 33.5 Å². The minimum absolute atomic E-state index is 0.0239. The van der Waals surface area contributed by atoms with Crippen LogP contribution in [0.25, 0.3) is 0 Å². The summed E-state index contributed by atoms with van der Waals surface area (Å²) in [5.74, 6) is -0.519. The predicted molar refractivity (Wildman–Crippen MR) is 74.0 cm³/mol. The molecule has 2 N–H and O–H groups in total. The molecule has 2 rings (SSSR count). The molecule has 1 aliphatic heterocycles. The first-order valence-corrected chi connectivity index (χ1v) is 7.06. The maximum absolute atomic E-state index is 13.0. The van der Waals surface area contributed by atoms with Crippen LogP contribution in [0.4, 0.5) is 10.1 Å². The third kappa shape index (κ3) is 3.67. The van der Waals surface area contributed by atoms with Gasteiger partial charge in [0.2, 0.25) is 0 Å². The number of amides is 1. The maximum atomic E-state index is 13.0. The Morgan fingerprint density at radius 1 is 1.37 bits per heavy atom. The first-order valence-electron chi connectivity index (χ1n) is 6.68. The number of hydrogen-bond donors (Lipinski definition) is 2. The molecule has 0 bridgehead atoms. The highest BCUT2D eigenvalue weighted by Gasteiger charge is 2.26. The zero-order valence-corrected chi connectivity index (χ0v) is 11.8. The second-order valence-electron chi connectivity index (χ2n) is 5.06. The van der Waals surface area contributed by atoms with E-state index in [0.29, 0.717) is 5.69 Å². The number of quaternary nitrogens is 1. The normalized spacial score (nSPS) is 18.1. The molecule has 1 aliphatic rings. The van der Waals surface area contributed by atoms with E-state index in [0.717, 1.165) is 13.1 Å². The smallest absolute Gasteiger partial charge is 0.282 e. The van der Waals surface area contributed by atoms with E-state index in [1.807, 2.05) is 6.92 Å². The second-order valence-corrected chi connectivity index (χ2v) is 5.47. The van der Waals surface area contributed by atoms with Gasteiger partial charge < -0.3 is 10.2 Å². The molecule has 0 aliphatic carbocycles. The van der Waals surface area contributed by atoms with Crippen LogP contribution < -0.4 is 10.2 Å². The zero-order chi connectivity index (χ0) is 13.8. The monoisotopic (exact) mass is 285 g/mol. The first-order chi connectivity index (χ1) is 9.08. The number of hydrogen-bond acceptors (Lipinski definition) is 1. The molecule has 0 aromatic heterocycles. The van der Waals surface area contributed by atoms with Gasteiger partial charge in [-0.15, -0.1) is 0 Å². The van der Waals surface area contributed by atoms with Crippen molar-refractivity contribution in [2.24, 2.45) is 0 Å². The van der Waals surface area contributed by atoms with Gasteiger partial charge in [0.1, 0.15) is 5.82 Å². The molecule has 3 nitrogen and oxygen atoms in total. The van der Waals surface area contributed by atoms with Crippen molar-refractivity contribution in [3.8, 4) is 0 Å². The molecule has 1 aromatic carbocycles. The van der Waals surface area contributed by atoms with Gasteiger partial charge in [0.15, 0.2) is 6.04 Å². The number of halogens is 2. The fourth-order valence-electron chi connectivity index (χ4n) is 2.45. The molecule has 1 atom stereocenters. The molecule has 0 unspecified atom stereocenters. The highest BCUT2D eigenvalue weighted by molar-refractivity contribution is 6.31. The number of piperidine rings is 1. The van der Waals surface area contributed by atoms with Gasteiger partial charge >= 0.3 is 0 Å². The molecule has 0 saturated carbocycles. The predicted octanol–water partition coefficient (Wildman–Crippen LogP) is 1.87. The van der Waals surface area contributed by atoms with Gasteiger partial charge in [0.05, 0.1) is 18.1 Å².